The zero-order valence-electron chi connectivity index (χ0n) is 10.3. The molecule has 2 rings (SSSR count). The lowest BCUT2D eigenvalue weighted by Gasteiger charge is -2.38. The molecule has 0 heterocycles. The number of hydrogen-bond acceptors (Lipinski definition) is 2. The highest BCUT2D eigenvalue weighted by atomic mass is 16.4. The Hall–Kier alpha value is -1.84. The first-order valence-electron chi connectivity index (χ1n) is 6.15. The number of aliphatic carboxylic acids is 1. The molecule has 1 fully saturated rings. The second-order valence-electron chi connectivity index (χ2n) is 4.86. The molecular formula is C14H17NO3. The van der Waals surface area contributed by atoms with Gasteiger partial charge in [-0.3, -0.25) is 4.79 Å². The Kier molecular flexibility index (Phi) is 3.36. The van der Waals surface area contributed by atoms with Crippen molar-refractivity contribution >= 4 is 11.9 Å². The average molecular weight is 247 g/mol. The molecule has 1 aromatic rings. The van der Waals surface area contributed by atoms with Crippen LogP contribution in [0, 0.1) is 0 Å². The lowest BCUT2D eigenvalue weighted by molar-refractivity contribution is -0.152. The predicted molar refractivity (Wildman–Crippen MR) is 67.2 cm³/mol. The lowest BCUT2D eigenvalue weighted by Crippen LogP contribution is -2.59. The molecule has 1 aliphatic carbocycles. The average Bonchev–Trinajstić information content (AvgIpc) is 2.33. The molecule has 1 unspecified atom stereocenters. The van der Waals surface area contributed by atoms with E-state index in [1.165, 1.54) is 0 Å². The molecule has 0 radical (unpaired) electrons. The van der Waals surface area contributed by atoms with E-state index in [-0.39, 0.29) is 11.8 Å². The summed E-state index contributed by atoms with van der Waals surface area (Å²) in [5.41, 5.74) is -0.130. The third-order valence-corrected chi connectivity index (χ3v) is 3.67. The maximum Gasteiger partial charge on any atom is 0.329 e. The summed E-state index contributed by atoms with van der Waals surface area (Å²) >= 11 is 0. The smallest absolute Gasteiger partial charge is 0.329 e. The van der Waals surface area contributed by atoms with Gasteiger partial charge >= 0.3 is 5.97 Å². The van der Waals surface area contributed by atoms with Crippen molar-refractivity contribution in [1.29, 1.82) is 0 Å². The molecule has 0 spiro atoms. The highest BCUT2D eigenvalue weighted by molar-refractivity contribution is 5.90. The third-order valence-electron chi connectivity index (χ3n) is 3.67. The number of nitrogens with one attached hydrogen (secondary N) is 1. The van der Waals surface area contributed by atoms with E-state index in [0.29, 0.717) is 12.8 Å². The van der Waals surface area contributed by atoms with E-state index in [1.807, 2.05) is 30.3 Å². The van der Waals surface area contributed by atoms with E-state index in [9.17, 15) is 14.7 Å². The van der Waals surface area contributed by atoms with Crippen LogP contribution in [0.5, 0.6) is 0 Å². The normalized spacial score (nSPS) is 18.5. The van der Waals surface area contributed by atoms with Gasteiger partial charge in [-0.2, -0.15) is 0 Å². The summed E-state index contributed by atoms with van der Waals surface area (Å²) in [6.07, 6.45) is 1.90. The van der Waals surface area contributed by atoms with Gasteiger partial charge in [-0.05, 0) is 31.7 Å². The second kappa shape index (κ2) is 4.80. The van der Waals surface area contributed by atoms with Crippen LogP contribution in [0.3, 0.4) is 0 Å². The number of carbonyl (C=O) groups is 2. The van der Waals surface area contributed by atoms with Gasteiger partial charge in [0.05, 0.1) is 5.92 Å². The van der Waals surface area contributed by atoms with Gasteiger partial charge in [-0.1, -0.05) is 30.3 Å². The van der Waals surface area contributed by atoms with Gasteiger partial charge < -0.3 is 10.4 Å². The quantitative estimate of drug-likeness (QED) is 0.854. The topological polar surface area (TPSA) is 66.4 Å². The van der Waals surface area contributed by atoms with Crippen molar-refractivity contribution in [2.45, 2.75) is 37.6 Å². The van der Waals surface area contributed by atoms with Gasteiger partial charge in [0.1, 0.15) is 5.54 Å². The van der Waals surface area contributed by atoms with Crippen molar-refractivity contribution in [3.63, 3.8) is 0 Å². The lowest BCUT2D eigenvalue weighted by atomic mass is 9.76. The SMILES string of the molecule is CC(C(=O)NC1(C(=O)O)CCC1)c1ccccc1. The van der Waals surface area contributed by atoms with Gasteiger partial charge in [0.15, 0.2) is 0 Å². The number of benzene rings is 1. The van der Waals surface area contributed by atoms with Gasteiger partial charge in [0.25, 0.3) is 0 Å². The summed E-state index contributed by atoms with van der Waals surface area (Å²) in [7, 11) is 0. The molecule has 1 saturated carbocycles. The van der Waals surface area contributed by atoms with Crippen molar-refractivity contribution in [3.8, 4) is 0 Å². The molecule has 2 N–H and O–H groups in total. The molecule has 0 aliphatic heterocycles. The number of carbonyl (C=O) groups excluding carboxylic acids is 1. The summed E-state index contributed by atoms with van der Waals surface area (Å²) in [6, 6.07) is 9.38. The van der Waals surface area contributed by atoms with Crippen LogP contribution in [0.1, 0.15) is 37.7 Å². The molecule has 0 aromatic heterocycles. The van der Waals surface area contributed by atoms with Crippen LogP contribution in [-0.2, 0) is 9.59 Å². The van der Waals surface area contributed by atoms with Crippen molar-refractivity contribution in [1.82, 2.24) is 5.32 Å². The van der Waals surface area contributed by atoms with E-state index in [2.05, 4.69) is 5.32 Å². The van der Waals surface area contributed by atoms with E-state index in [0.717, 1.165) is 12.0 Å². The van der Waals surface area contributed by atoms with E-state index >= 15 is 0 Å². The molecule has 0 bridgehead atoms. The monoisotopic (exact) mass is 247 g/mol. The fraction of sp³-hybridized carbons (Fsp3) is 0.429. The van der Waals surface area contributed by atoms with Crippen LogP contribution in [-0.4, -0.2) is 22.5 Å². The second-order valence-corrected chi connectivity index (χ2v) is 4.86. The van der Waals surface area contributed by atoms with Crippen LogP contribution < -0.4 is 5.32 Å². The molecule has 1 aliphatic rings. The van der Waals surface area contributed by atoms with Crippen molar-refractivity contribution in [2.75, 3.05) is 0 Å². The first-order valence-corrected chi connectivity index (χ1v) is 6.15. The van der Waals surface area contributed by atoms with Crippen LogP contribution >= 0.6 is 0 Å². The first-order chi connectivity index (χ1) is 8.55. The largest absolute Gasteiger partial charge is 0.480 e. The van der Waals surface area contributed by atoms with Gasteiger partial charge in [0, 0.05) is 0 Å². The molecule has 4 nitrogen and oxygen atoms in total. The number of amides is 1. The molecule has 1 amide bonds. The molecule has 1 aromatic carbocycles. The van der Waals surface area contributed by atoms with Gasteiger partial charge in [-0.25, -0.2) is 4.79 Å². The van der Waals surface area contributed by atoms with E-state index in [1.54, 1.807) is 6.92 Å². The fourth-order valence-electron chi connectivity index (χ4n) is 2.16. The minimum absolute atomic E-state index is 0.219. The number of carboxylic acid groups (broad SMARTS) is 1. The standard InChI is InChI=1S/C14H17NO3/c1-10(11-6-3-2-4-7-11)12(16)15-14(13(17)18)8-5-9-14/h2-4,6-7,10H,5,8-9H2,1H3,(H,15,16)(H,17,18). The highest BCUT2D eigenvalue weighted by Crippen LogP contribution is 2.32. The Bertz CT molecular complexity index is 451. The van der Waals surface area contributed by atoms with E-state index < -0.39 is 11.5 Å². The summed E-state index contributed by atoms with van der Waals surface area (Å²) in [5, 5.41) is 11.9. The summed E-state index contributed by atoms with van der Waals surface area (Å²) in [4.78, 5) is 23.3. The van der Waals surface area contributed by atoms with Crippen LogP contribution in [0.4, 0.5) is 0 Å². The van der Waals surface area contributed by atoms with Gasteiger partial charge in [-0.15, -0.1) is 0 Å². The molecule has 18 heavy (non-hydrogen) atoms. The van der Waals surface area contributed by atoms with Crippen LogP contribution in [0.15, 0.2) is 30.3 Å². The number of hydrogen-bond donors (Lipinski definition) is 2. The molecule has 4 heteroatoms. The molecule has 1 atom stereocenters. The van der Waals surface area contributed by atoms with Crippen LogP contribution in [0.2, 0.25) is 0 Å². The first kappa shape index (κ1) is 12.6. The van der Waals surface area contributed by atoms with E-state index in [4.69, 9.17) is 0 Å². The Labute approximate surface area is 106 Å². The summed E-state index contributed by atoms with van der Waals surface area (Å²) in [5.74, 6) is -1.48. The zero-order chi connectivity index (χ0) is 13.2. The maximum absolute atomic E-state index is 12.1. The Balaban J connectivity index is 2.06. The summed E-state index contributed by atoms with van der Waals surface area (Å²) in [6.45, 7) is 1.79. The van der Waals surface area contributed by atoms with Gasteiger partial charge in [0.2, 0.25) is 5.91 Å². The number of rotatable bonds is 4. The minimum atomic E-state index is -1.03. The summed E-state index contributed by atoms with van der Waals surface area (Å²) < 4.78 is 0. The zero-order valence-corrected chi connectivity index (χ0v) is 10.3. The Morgan fingerprint density at radius 3 is 2.33 bits per heavy atom. The Morgan fingerprint density at radius 2 is 1.89 bits per heavy atom. The Morgan fingerprint density at radius 1 is 1.28 bits per heavy atom. The number of carboxylic acids is 1. The molecular weight excluding hydrogens is 230 g/mol. The maximum atomic E-state index is 12.1. The highest BCUT2D eigenvalue weighted by Gasteiger charge is 2.46. The van der Waals surface area contributed by atoms with Crippen LogP contribution in [0.25, 0.3) is 0 Å². The van der Waals surface area contributed by atoms with Crippen molar-refractivity contribution in [3.05, 3.63) is 35.9 Å². The third kappa shape index (κ3) is 2.23. The van der Waals surface area contributed by atoms with Crippen molar-refractivity contribution in [2.24, 2.45) is 0 Å². The van der Waals surface area contributed by atoms with Crippen molar-refractivity contribution < 1.29 is 14.7 Å². The molecule has 0 saturated heterocycles. The fourth-order valence-corrected chi connectivity index (χ4v) is 2.16. The predicted octanol–water partition coefficient (Wildman–Crippen LogP) is 1.91. The minimum Gasteiger partial charge on any atom is -0.480 e. The molecule has 96 valence electrons.